The number of aromatic nitrogens is 3. The van der Waals surface area contributed by atoms with E-state index >= 15 is 0 Å². The predicted molar refractivity (Wildman–Crippen MR) is 100 cm³/mol. The predicted octanol–water partition coefficient (Wildman–Crippen LogP) is 4.00. The van der Waals surface area contributed by atoms with Crippen LogP contribution in [0.1, 0.15) is 18.4 Å². The topological polar surface area (TPSA) is 68.5 Å². The molecule has 1 aliphatic rings. The molecule has 2 aromatic heterocycles. The van der Waals surface area contributed by atoms with Crippen molar-refractivity contribution in [2.75, 3.05) is 11.9 Å². The average Bonchev–Trinajstić information content (AvgIpc) is 3.16. The van der Waals surface area contributed by atoms with Crippen molar-refractivity contribution in [3.63, 3.8) is 0 Å². The van der Waals surface area contributed by atoms with E-state index in [-0.39, 0.29) is 12.8 Å². The van der Waals surface area contributed by atoms with Gasteiger partial charge in [-0.05, 0) is 49.6 Å². The van der Waals surface area contributed by atoms with Gasteiger partial charge in [-0.25, -0.2) is 9.50 Å². The maximum atomic E-state index is 12.7. The first-order chi connectivity index (χ1) is 13.8. The standard InChI is InChI=1S/C20H19F3N4O2/c1-12-4-6-14(9-16(12)18-24-10-15-3-2-8-27(15)26-18)25-19(28)17-7-5-13(11-29-17)20(21,22)23/h2-4,6,8-10,13,17H,5,7,11H2,1H3,(H,25,28)/t13-,17+/m0/s1. The number of rotatable bonds is 3. The van der Waals surface area contributed by atoms with Crippen LogP contribution in [0.25, 0.3) is 16.9 Å². The first kappa shape index (κ1) is 19.4. The van der Waals surface area contributed by atoms with Gasteiger partial charge in [-0.15, -0.1) is 5.10 Å². The summed E-state index contributed by atoms with van der Waals surface area (Å²) in [5.41, 5.74) is 3.05. The van der Waals surface area contributed by atoms with Crippen LogP contribution < -0.4 is 5.32 Å². The minimum Gasteiger partial charge on any atom is -0.368 e. The van der Waals surface area contributed by atoms with Gasteiger partial charge in [0, 0.05) is 17.4 Å². The summed E-state index contributed by atoms with van der Waals surface area (Å²) in [6.45, 7) is 1.41. The quantitative estimate of drug-likeness (QED) is 0.717. The number of amides is 1. The van der Waals surface area contributed by atoms with E-state index in [2.05, 4.69) is 15.4 Å². The van der Waals surface area contributed by atoms with E-state index in [0.717, 1.165) is 16.6 Å². The van der Waals surface area contributed by atoms with E-state index in [0.29, 0.717) is 11.5 Å². The van der Waals surface area contributed by atoms with Crippen LogP contribution in [0.4, 0.5) is 18.9 Å². The molecule has 1 N–H and O–H groups in total. The summed E-state index contributed by atoms with van der Waals surface area (Å²) in [5.74, 6) is -1.47. The number of ether oxygens (including phenoxy) is 1. The fourth-order valence-electron chi connectivity index (χ4n) is 3.34. The van der Waals surface area contributed by atoms with Crippen LogP contribution in [0.2, 0.25) is 0 Å². The minimum absolute atomic E-state index is 0.0299. The molecule has 4 rings (SSSR count). The molecular formula is C20H19F3N4O2. The number of nitrogens with one attached hydrogen (secondary N) is 1. The fourth-order valence-corrected chi connectivity index (χ4v) is 3.34. The summed E-state index contributed by atoms with van der Waals surface area (Å²) < 4.78 is 45.1. The molecule has 0 aliphatic carbocycles. The molecule has 0 radical (unpaired) electrons. The van der Waals surface area contributed by atoms with E-state index in [1.807, 2.05) is 31.3 Å². The smallest absolute Gasteiger partial charge is 0.368 e. The van der Waals surface area contributed by atoms with Crippen molar-refractivity contribution in [3.8, 4) is 11.4 Å². The summed E-state index contributed by atoms with van der Waals surface area (Å²) >= 11 is 0. The van der Waals surface area contributed by atoms with Crippen LogP contribution in [0.15, 0.2) is 42.7 Å². The molecule has 6 nitrogen and oxygen atoms in total. The zero-order valence-electron chi connectivity index (χ0n) is 15.6. The fraction of sp³-hybridized carbons (Fsp3) is 0.350. The lowest BCUT2D eigenvalue weighted by Crippen LogP contribution is -2.40. The van der Waals surface area contributed by atoms with Crippen molar-refractivity contribution in [1.29, 1.82) is 0 Å². The number of alkyl halides is 3. The van der Waals surface area contributed by atoms with Crippen LogP contribution in [0.5, 0.6) is 0 Å². The molecule has 152 valence electrons. The van der Waals surface area contributed by atoms with Gasteiger partial charge < -0.3 is 10.1 Å². The Bertz CT molecular complexity index is 1040. The Morgan fingerprint density at radius 2 is 2.10 bits per heavy atom. The van der Waals surface area contributed by atoms with Crippen molar-refractivity contribution in [1.82, 2.24) is 14.6 Å². The molecule has 9 heteroatoms. The third kappa shape index (κ3) is 4.09. The largest absolute Gasteiger partial charge is 0.394 e. The second-order valence-corrected chi connectivity index (χ2v) is 7.12. The summed E-state index contributed by atoms with van der Waals surface area (Å²) in [7, 11) is 0. The molecule has 1 saturated heterocycles. The molecule has 3 heterocycles. The zero-order valence-corrected chi connectivity index (χ0v) is 15.6. The SMILES string of the molecule is Cc1ccc(NC(=O)[C@H]2CC[C@H](C(F)(F)F)CO2)cc1-c1ncc2cccn2n1. The first-order valence-corrected chi connectivity index (χ1v) is 9.22. The van der Waals surface area contributed by atoms with E-state index in [9.17, 15) is 18.0 Å². The Morgan fingerprint density at radius 1 is 1.28 bits per heavy atom. The van der Waals surface area contributed by atoms with Crippen LogP contribution >= 0.6 is 0 Å². The molecule has 29 heavy (non-hydrogen) atoms. The molecular weight excluding hydrogens is 385 g/mol. The lowest BCUT2D eigenvalue weighted by molar-refractivity contribution is -0.207. The van der Waals surface area contributed by atoms with Crippen LogP contribution in [-0.2, 0) is 9.53 Å². The van der Waals surface area contributed by atoms with Gasteiger partial charge in [-0.3, -0.25) is 4.79 Å². The van der Waals surface area contributed by atoms with Gasteiger partial charge in [-0.1, -0.05) is 6.07 Å². The molecule has 0 saturated carbocycles. The van der Waals surface area contributed by atoms with E-state index in [1.54, 1.807) is 22.8 Å². The van der Waals surface area contributed by atoms with Gasteiger partial charge in [0.1, 0.15) is 6.10 Å². The van der Waals surface area contributed by atoms with Crippen molar-refractivity contribution < 1.29 is 22.7 Å². The highest BCUT2D eigenvalue weighted by Crippen LogP contribution is 2.34. The number of fused-ring (bicyclic) bond motifs is 1. The summed E-state index contributed by atoms with van der Waals surface area (Å²) in [6.07, 6.45) is -1.76. The van der Waals surface area contributed by atoms with Gasteiger partial charge in [0.15, 0.2) is 5.82 Å². The maximum Gasteiger partial charge on any atom is 0.394 e. The minimum atomic E-state index is -4.30. The number of nitrogens with zero attached hydrogens (tertiary/aromatic N) is 3. The zero-order chi connectivity index (χ0) is 20.6. The maximum absolute atomic E-state index is 12.7. The number of carbonyl (C=O) groups excluding carboxylic acids is 1. The van der Waals surface area contributed by atoms with Crippen molar-refractivity contribution >= 4 is 17.1 Å². The Morgan fingerprint density at radius 3 is 2.83 bits per heavy atom. The number of benzene rings is 1. The van der Waals surface area contributed by atoms with Gasteiger partial charge in [0.2, 0.25) is 0 Å². The van der Waals surface area contributed by atoms with Crippen molar-refractivity contribution in [2.45, 2.75) is 32.0 Å². The number of hydrogen-bond acceptors (Lipinski definition) is 4. The van der Waals surface area contributed by atoms with E-state index in [4.69, 9.17) is 4.74 Å². The third-order valence-corrected chi connectivity index (χ3v) is 5.06. The lowest BCUT2D eigenvalue weighted by Gasteiger charge is -2.29. The second kappa shape index (κ2) is 7.47. The molecule has 0 spiro atoms. The third-order valence-electron chi connectivity index (χ3n) is 5.06. The van der Waals surface area contributed by atoms with Crippen LogP contribution in [0, 0.1) is 12.8 Å². The van der Waals surface area contributed by atoms with Crippen LogP contribution in [-0.4, -0.2) is 39.4 Å². The number of hydrogen-bond donors (Lipinski definition) is 1. The lowest BCUT2D eigenvalue weighted by atomic mass is 9.97. The Hall–Kier alpha value is -2.94. The summed E-state index contributed by atoms with van der Waals surface area (Å²) in [6, 6.07) is 9.06. The highest BCUT2D eigenvalue weighted by atomic mass is 19.4. The van der Waals surface area contributed by atoms with Gasteiger partial charge in [0.25, 0.3) is 5.91 Å². The highest BCUT2D eigenvalue weighted by Gasteiger charge is 2.43. The molecule has 1 aliphatic heterocycles. The number of halogens is 3. The summed E-state index contributed by atoms with van der Waals surface area (Å²) in [4.78, 5) is 16.8. The molecule has 0 bridgehead atoms. The first-order valence-electron chi connectivity index (χ1n) is 9.22. The monoisotopic (exact) mass is 404 g/mol. The van der Waals surface area contributed by atoms with E-state index in [1.165, 1.54) is 0 Å². The Kier molecular flexibility index (Phi) is 4.99. The molecule has 0 unspecified atom stereocenters. The normalized spacial score (nSPS) is 20.0. The number of carbonyl (C=O) groups is 1. The summed E-state index contributed by atoms with van der Waals surface area (Å²) in [5, 5.41) is 7.20. The number of anilines is 1. The van der Waals surface area contributed by atoms with Crippen LogP contribution in [0.3, 0.4) is 0 Å². The Balaban J connectivity index is 1.48. The van der Waals surface area contributed by atoms with Gasteiger partial charge >= 0.3 is 6.18 Å². The van der Waals surface area contributed by atoms with Crippen molar-refractivity contribution in [2.24, 2.45) is 5.92 Å². The number of aryl methyl sites for hydroxylation is 1. The van der Waals surface area contributed by atoms with Crippen molar-refractivity contribution in [3.05, 3.63) is 48.3 Å². The Labute approximate surface area is 164 Å². The molecule has 1 amide bonds. The molecule has 2 atom stereocenters. The average molecular weight is 404 g/mol. The second-order valence-electron chi connectivity index (χ2n) is 7.12. The highest BCUT2D eigenvalue weighted by molar-refractivity contribution is 5.94. The van der Waals surface area contributed by atoms with Gasteiger partial charge in [0.05, 0.1) is 24.2 Å². The van der Waals surface area contributed by atoms with Gasteiger partial charge in [-0.2, -0.15) is 13.2 Å². The van der Waals surface area contributed by atoms with E-state index < -0.39 is 30.7 Å². The molecule has 3 aromatic rings. The molecule has 1 aromatic carbocycles. The molecule has 1 fully saturated rings.